The molecule has 1 heterocycles. The number of aromatic nitrogens is 1. The van der Waals surface area contributed by atoms with E-state index in [9.17, 15) is 4.79 Å². The lowest BCUT2D eigenvalue weighted by Crippen LogP contribution is -2.15. The van der Waals surface area contributed by atoms with Gasteiger partial charge in [0.1, 0.15) is 4.88 Å². The molecule has 0 bridgehead atoms. The normalized spacial score (nSPS) is 14.3. The summed E-state index contributed by atoms with van der Waals surface area (Å²) in [4.78, 5) is 15.0. The van der Waals surface area contributed by atoms with Gasteiger partial charge < -0.3 is 10.5 Å². The maximum Gasteiger partial charge on any atom is 0.411 e. The van der Waals surface area contributed by atoms with Gasteiger partial charge in [-0.25, -0.2) is 9.78 Å². The summed E-state index contributed by atoms with van der Waals surface area (Å²) < 4.78 is 4.60. The summed E-state index contributed by atoms with van der Waals surface area (Å²) in [6.07, 6.45) is 3.12. The number of primary amides is 1. The van der Waals surface area contributed by atoms with Crippen LogP contribution in [0.15, 0.2) is 6.20 Å². The number of amides is 1. The molecule has 1 fully saturated rings. The number of nitrogens with zero attached hydrogens (tertiary/aromatic N) is 1. The van der Waals surface area contributed by atoms with E-state index in [1.807, 2.05) is 0 Å². The number of thiazole rings is 1. The van der Waals surface area contributed by atoms with Crippen LogP contribution in [0.1, 0.15) is 17.7 Å². The van der Waals surface area contributed by atoms with E-state index in [0.29, 0.717) is 5.92 Å². The molecule has 72 valence electrons. The molecular weight excluding hydrogens is 200 g/mol. The lowest BCUT2D eigenvalue weighted by molar-refractivity contribution is 0.210. The Morgan fingerprint density at radius 3 is 3.14 bits per heavy atom. The molecule has 2 rings (SSSR count). The Balaban J connectivity index is 2.02. The summed E-state index contributed by atoms with van der Waals surface area (Å²) in [5.74, 6) is 6.62. The van der Waals surface area contributed by atoms with E-state index in [-0.39, 0.29) is 5.19 Å². The topological polar surface area (TPSA) is 65.2 Å². The standard InChI is InChI=1S/C9H8N2O2S/c10-8(12)13-9-11-5-7(14-9)4-3-6-1-2-6/h5-6H,1-2H2,(H2,10,12). The average Bonchev–Trinajstić information content (AvgIpc) is 2.84. The third kappa shape index (κ3) is 2.47. The Hall–Kier alpha value is -1.54. The smallest absolute Gasteiger partial charge is 0.381 e. The zero-order valence-corrected chi connectivity index (χ0v) is 8.13. The van der Waals surface area contributed by atoms with Crippen molar-refractivity contribution in [1.82, 2.24) is 4.98 Å². The summed E-state index contributed by atoms with van der Waals surface area (Å²) in [5, 5.41) is 0.248. The summed E-state index contributed by atoms with van der Waals surface area (Å²) in [7, 11) is 0. The minimum absolute atomic E-state index is 0.248. The number of hydrogen-bond acceptors (Lipinski definition) is 4. The second-order valence-corrected chi connectivity index (χ2v) is 3.95. The van der Waals surface area contributed by atoms with Crippen LogP contribution in [-0.4, -0.2) is 11.1 Å². The quantitative estimate of drug-likeness (QED) is 0.709. The Bertz CT molecular complexity index is 412. The highest BCUT2D eigenvalue weighted by Gasteiger charge is 2.17. The van der Waals surface area contributed by atoms with E-state index in [1.165, 1.54) is 24.2 Å². The minimum atomic E-state index is -0.846. The van der Waals surface area contributed by atoms with Crippen molar-refractivity contribution in [1.29, 1.82) is 0 Å². The molecule has 0 unspecified atom stereocenters. The van der Waals surface area contributed by atoms with E-state index in [4.69, 9.17) is 5.73 Å². The van der Waals surface area contributed by atoms with Crippen LogP contribution in [0.2, 0.25) is 0 Å². The molecule has 0 radical (unpaired) electrons. The molecule has 1 aliphatic rings. The molecule has 1 aromatic rings. The molecule has 2 N–H and O–H groups in total. The molecule has 5 heteroatoms. The van der Waals surface area contributed by atoms with Crippen LogP contribution in [-0.2, 0) is 0 Å². The average molecular weight is 208 g/mol. The summed E-state index contributed by atoms with van der Waals surface area (Å²) >= 11 is 1.22. The molecule has 1 aromatic heterocycles. The fraction of sp³-hybridized carbons (Fsp3) is 0.333. The van der Waals surface area contributed by atoms with Gasteiger partial charge in [-0.2, -0.15) is 0 Å². The molecule has 0 atom stereocenters. The van der Waals surface area contributed by atoms with E-state index >= 15 is 0 Å². The second-order valence-electron chi connectivity index (χ2n) is 2.96. The van der Waals surface area contributed by atoms with Gasteiger partial charge in [-0.05, 0) is 12.8 Å². The monoisotopic (exact) mass is 208 g/mol. The van der Waals surface area contributed by atoms with E-state index in [2.05, 4.69) is 21.6 Å². The van der Waals surface area contributed by atoms with E-state index in [1.54, 1.807) is 6.20 Å². The van der Waals surface area contributed by atoms with Gasteiger partial charge >= 0.3 is 6.09 Å². The largest absolute Gasteiger partial charge is 0.411 e. The van der Waals surface area contributed by atoms with Gasteiger partial charge in [0.2, 0.25) is 0 Å². The van der Waals surface area contributed by atoms with Gasteiger partial charge in [0, 0.05) is 5.92 Å². The van der Waals surface area contributed by atoms with Gasteiger partial charge in [-0.15, -0.1) is 0 Å². The van der Waals surface area contributed by atoms with Crippen LogP contribution in [0.5, 0.6) is 5.19 Å². The van der Waals surface area contributed by atoms with Crippen molar-refractivity contribution in [3.05, 3.63) is 11.1 Å². The third-order valence-electron chi connectivity index (χ3n) is 1.65. The van der Waals surface area contributed by atoms with Crippen LogP contribution in [0.4, 0.5) is 4.79 Å². The van der Waals surface area contributed by atoms with Crippen LogP contribution in [0.25, 0.3) is 0 Å². The summed E-state index contributed by atoms with van der Waals surface area (Å²) in [6, 6.07) is 0. The predicted octanol–water partition coefficient (Wildman–Crippen LogP) is 1.36. The number of nitrogens with two attached hydrogens (primary N) is 1. The third-order valence-corrected chi connectivity index (χ3v) is 2.44. The highest BCUT2D eigenvalue weighted by Crippen LogP contribution is 2.28. The van der Waals surface area contributed by atoms with Crippen LogP contribution < -0.4 is 10.5 Å². The predicted molar refractivity (Wildman–Crippen MR) is 51.9 cm³/mol. The number of carbonyl (C=O) groups is 1. The van der Waals surface area contributed by atoms with Crippen molar-refractivity contribution in [2.45, 2.75) is 12.8 Å². The molecule has 0 saturated heterocycles. The number of ether oxygens (including phenoxy) is 1. The van der Waals surface area contributed by atoms with Crippen molar-refractivity contribution in [3.8, 4) is 17.0 Å². The van der Waals surface area contributed by atoms with E-state index < -0.39 is 6.09 Å². The minimum Gasteiger partial charge on any atom is -0.381 e. The molecule has 0 aliphatic heterocycles. The zero-order valence-electron chi connectivity index (χ0n) is 7.32. The SMILES string of the molecule is NC(=O)Oc1ncc(C#CC2CC2)s1. The molecule has 0 spiro atoms. The van der Waals surface area contributed by atoms with Gasteiger partial charge in [-0.3, -0.25) is 0 Å². The van der Waals surface area contributed by atoms with Crippen LogP contribution in [0.3, 0.4) is 0 Å². The molecular formula is C9H8N2O2S. The maximum atomic E-state index is 10.4. The second kappa shape index (κ2) is 3.68. The molecule has 0 aromatic carbocycles. The van der Waals surface area contributed by atoms with Crippen LogP contribution >= 0.6 is 11.3 Å². The number of rotatable bonds is 1. The van der Waals surface area contributed by atoms with Gasteiger partial charge in [-0.1, -0.05) is 23.2 Å². The van der Waals surface area contributed by atoms with Crippen molar-refractivity contribution in [2.24, 2.45) is 11.7 Å². The summed E-state index contributed by atoms with van der Waals surface area (Å²) in [6.45, 7) is 0. The highest BCUT2D eigenvalue weighted by atomic mass is 32.1. The number of carbonyl (C=O) groups excluding carboxylic acids is 1. The van der Waals surface area contributed by atoms with Gasteiger partial charge in [0.15, 0.2) is 0 Å². The Morgan fingerprint density at radius 2 is 2.50 bits per heavy atom. The fourth-order valence-electron chi connectivity index (χ4n) is 0.850. The first-order valence-electron chi connectivity index (χ1n) is 4.18. The van der Waals surface area contributed by atoms with Gasteiger partial charge in [0.05, 0.1) is 6.20 Å². The number of hydrogen-bond donors (Lipinski definition) is 1. The molecule has 14 heavy (non-hydrogen) atoms. The highest BCUT2D eigenvalue weighted by molar-refractivity contribution is 7.14. The van der Waals surface area contributed by atoms with Crippen LogP contribution in [0, 0.1) is 17.8 Å². The first-order valence-corrected chi connectivity index (χ1v) is 5.00. The maximum absolute atomic E-state index is 10.4. The van der Waals surface area contributed by atoms with Gasteiger partial charge in [0.25, 0.3) is 5.19 Å². The lowest BCUT2D eigenvalue weighted by Gasteiger charge is -1.90. The fourth-order valence-corrected chi connectivity index (χ4v) is 1.48. The van der Waals surface area contributed by atoms with Crippen molar-refractivity contribution >= 4 is 17.4 Å². The molecule has 4 nitrogen and oxygen atoms in total. The van der Waals surface area contributed by atoms with E-state index in [0.717, 1.165) is 4.88 Å². The molecule has 1 saturated carbocycles. The molecule has 1 aliphatic carbocycles. The summed E-state index contributed by atoms with van der Waals surface area (Å²) in [5.41, 5.74) is 4.84. The lowest BCUT2D eigenvalue weighted by atomic mass is 10.4. The molecule has 1 amide bonds. The Kier molecular flexibility index (Phi) is 2.37. The first kappa shape index (κ1) is 9.03. The van der Waals surface area contributed by atoms with Crippen molar-refractivity contribution in [3.63, 3.8) is 0 Å². The Morgan fingerprint density at radius 1 is 1.71 bits per heavy atom. The van der Waals surface area contributed by atoms with Crippen molar-refractivity contribution < 1.29 is 9.53 Å². The Labute approximate surface area is 85.1 Å². The zero-order chi connectivity index (χ0) is 9.97. The first-order chi connectivity index (χ1) is 6.74. The van der Waals surface area contributed by atoms with Crippen molar-refractivity contribution in [2.75, 3.05) is 0 Å².